The van der Waals surface area contributed by atoms with Crippen molar-refractivity contribution in [3.63, 3.8) is 0 Å². The van der Waals surface area contributed by atoms with Crippen LogP contribution in [0.5, 0.6) is 0 Å². The van der Waals surface area contributed by atoms with Crippen molar-refractivity contribution in [2.24, 2.45) is 0 Å². The van der Waals surface area contributed by atoms with Gasteiger partial charge in [0.1, 0.15) is 0 Å². The highest BCUT2D eigenvalue weighted by Crippen LogP contribution is 2.48. The zero-order chi connectivity index (χ0) is 11.2. The van der Waals surface area contributed by atoms with Crippen LogP contribution in [0, 0.1) is 0 Å². The molecule has 84 valence electrons. The molecular formula is C13H14O3. The Hall–Kier alpha value is -1.35. The van der Waals surface area contributed by atoms with Crippen LogP contribution in [0.2, 0.25) is 0 Å². The van der Waals surface area contributed by atoms with Crippen molar-refractivity contribution in [2.75, 3.05) is 13.2 Å². The van der Waals surface area contributed by atoms with Gasteiger partial charge >= 0.3 is 5.97 Å². The number of hydrogen-bond acceptors (Lipinski definition) is 2. The maximum absolute atomic E-state index is 11.2. The molecule has 0 amide bonds. The molecule has 0 aromatic heterocycles. The van der Waals surface area contributed by atoms with E-state index in [1.165, 1.54) is 5.56 Å². The average molecular weight is 218 g/mol. The first kappa shape index (κ1) is 9.85. The van der Waals surface area contributed by atoms with Crippen LogP contribution in [0.1, 0.15) is 29.9 Å². The summed E-state index contributed by atoms with van der Waals surface area (Å²) in [4.78, 5) is 11.2. The first-order valence-electron chi connectivity index (χ1n) is 5.64. The van der Waals surface area contributed by atoms with E-state index in [0.29, 0.717) is 5.92 Å². The third-order valence-electron chi connectivity index (χ3n) is 3.73. The van der Waals surface area contributed by atoms with E-state index < -0.39 is 11.4 Å². The average Bonchev–Trinajstić information content (AvgIpc) is 2.97. The maximum Gasteiger partial charge on any atom is 0.314 e. The fourth-order valence-corrected chi connectivity index (χ4v) is 2.25. The molecule has 1 aliphatic carbocycles. The van der Waals surface area contributed by atoms with Gasteiger partial charge in [0.2, 0.25) is 0 Å². The van der Waals surface area contributed by atoms with Crippen LogP contribution in [-0.2, 0) is 14.9 Å². The van der Waals surface area contributed by atoms with Gasteiger partial charge in [-0.25, -0.2) is 0 Å². The summed E-state index contributed by atoms with van der Waals surface area (Å²) < 4.78 is 5.14. The Kier molecular flexibility index (Phi) is 2.04. The number of rotatable bonds is 3. The molecular weight excluding hydrogens is 204 g/mol. The highest BCUT2D eigenvalue weighted by molar-refractivity contribution is 5.84. The quantitative estimate of drug-likeness (QED) is 0.843. The summed E-state index contributed by atoms with van der Waals surface area (Å²) in [6, 6.07) is 8.03. The molecule has 1 heterocycles. The van der Waals surface area contributed by atoms with Crippen molar-refractivity contribution >= 4 is 5.97 Å². The Morgan fingerprint density at radius 3 is 2.25 bits per heavy atom. The molecule has 0 radical (unpaired) electrons. The van der Waals surface area contributed by atoms with E-state index in [1.54, 1.807) is 0 Å². The van der Waals surface area contributed by atoms with Gasteiger partial charge in [-0.1, -0.05) is 24.3 Å². The number of aliphatic carboxylic acids is 1. The van der Waals surface area contributed by atoms with E-state index in [0.717, 1.165) is 31.6 Å². The minimum Gasteiger partial charge on any atom is -0.481 e. The molecule has 1 N–H and O–H groups in total. The van der Waals surface area contributed by atoms with E-state index in [4.69, 9.17) is 4.74 Å². The molecule has 1 aliphatic heterocycles. The van der Waals surface area contributed by atoms with Gasteiger partial charge in [0, 0.05) is 5.92 Å². The normalized spacial score (nSPS) is 22.5. The fraction of sp³-hybridized carbons (Fsp3) is 0.462. The van der Waals surface area contributed by atoms with Crippen molar-refractivity contribution in [2.45, 2.75) is 24.2 Å². The lowest BCUT2D eigenvalue weighted by atomic mass is 9.91. The fourth-order valence-electron chi connectivity index (χ4n) is 2.25. The third kappa shape index (κ3) is 1.35. The Bertz CT molecular complexity index is 413. The smallest absolute Gasteiger partial charge is 0.314 e. The largest absolute Gasteiger partial charge is 0.481 e. The van der Waals surface area contributed by atoms with Crippen molar-refractivity contribution in [3.8, 4) is 0 Å². The van der Waals surface area contributed by atoms with E-state index in [1.807, 2.05) is 24.3 Å². The SMILES string of the molecule is O=C(O)C1(c2ccc(C3COC3)cc2)CC1. The topological polar surface area (TPSA) is 46.5 Å². The number of hydrogen-bond donors (Lipinski definition) is 1. The lowest BCUT2D eigenvalue weighted by Crippen LogP contribution is -2.25. The monoisotopic (exact) mass is 218 g/mol. The summed E-state index contributed by atoms with van der Waals surface area (Å²) in [6.45, 7) is 1.59. The molecule has 0 atom stereocenters. The summed E-state index contributed by atoms with van der Waals surface area (Å²) in [7, 11) is 0. The summed E-state index contributed by atoms with van der Waals surface area (Å²) in [5.74, 6) is -0.179. The van der Waals surface area contributed by atoms with Gasteiger partial charge in [-0.3, -0.25) is 4.79 Å². The van der Waals surface area contributed by atoms with Crippen LogP contribution in [0.15, 0.2) is 24.3 Å². The van der Waals surface area contributed by atoms with Gasteiger partial charge < -0.3 is 9.84 Å². The van der Waals surface area contributed by atoms with Gasteiger partial charge in [-0.15, -0.1) is 0 Å². The van der Waals surface area contributed by atoms with Gasteiger partial charge in [0.15, 0.2) is 0 Å². The molecule has 0 bridgehead atoms. The van der Waals surface area contributed by atoms with Crippen LogP contribution >= 0.6 is 0 Å². The zero-order valence-electron chi connectivity index (χ0n) is 8.98. The maximum atomic E-state index is 11.2. The molecule has 2 fully saturated rings. The highest BCUT2D eigenvalue weighted by atomic mass is 16.5. The summed E-state index contributed by atoms with van der Waals surface area (Å²) >= 11 is 0. The van der Waals surface area contributed by atoms with E-state index in [2.05, 4.69) is 0 Å². The second-order valence-corrected chi connectivity index (χ2v) is 4.74. The van der Waals surface area contributed by atoms with Gasteiger partial charge in [-0.2, -0.15) is 0 Å². The third-order valence-corrected chi connectivity index (χ3v) is 3.73. The molecule has 0 unspecified atom stereocenters. The molecule has 3 rings (SSSR count). The first-order valence-corrected chi connectivity index (χ1v) is 5.64. The molecule has 2 aliphatic rings. The van der Waals surface area contributed by atoms with E-state index >= 15 is 0 Å². The van der Waals surface area contributed by atoms with Gasteiger partial charge in [0.25, 0.3) is 0 Å². The van der Waals surface area contributed by atoms with Crippen molar-refractivity contribution < 1.29 is 14.6 Å². The van der Waals surface area contributed by atoms with E-state index in [9.17, 15) is 9.90 Å². The molecule has 1 saturated carbocycles. The zero-order valence-corrected chi connectivity index (χ0v) is 8.98. The number of carboxylic acid groups (broad SMARTS) is 1. The predicted octanol–water partition coefficient (Wildman–Crippen LogP) is 1.92. The Morgan fingerprint density at radius 1 is 1.25 bits per heavy atom. The summed E-state index contributed by atoms with van der Waals surface area (Å²) in [5.41, 5.74) is 1.63. The van der Waals surface area contributed by atoms with Crippen LogP contribution in [0.25, 0.3) is 0 Å². The van der Waals surface area contributed by atoms with Crippen molar-refractivity contribution in [1.29, 1.82) is 0 Å². The van der Waals surface area contributed by atoms with Crippen LogP contribution in [-0.4, -0.2) is 24.3 Å². The molecule has 16 heavy (non-hydrogen) atoms. The van der Waals surface area contributed by atoms with E-state index in [-0.39, 0.29) is 0 Å². The Balaban J connectivity index is 1.85. The van der Waals surface area contributed by atoms with Gasteiger partial charge in [0.05, 0.1) is 18.6 Å². The predicted molar refractivity (Wildman–Crippen MR) is 58.5 cm³/mol. The summed E-state index contributed by atoms with van der Waals surface area (Å²) in [5, 5.41) is 9.17. The Morgan fingerprint density at radius 2 is 1.88 bits per heavy atom. The molecule has 1 saturated heterocycles. The lowest BCUT2D eigenvalue weighted by Gasteiger charge is -2.26. The Labute approximate surface area is 94.0 Å². The first-order chi connectivity index (χ1) is 7.72. The standard InChI is InChI=1S/C13H14O3/c14-12(15)13(5-6-13)11-3-1-9(2-4-11)10-7-16-8-10/h1-4,10H,5-8H2,(H,14,15). The molecule has 3 heteroatoms. The van der Waals surface area contributed by atoms with Crippen LogP contribution < -0.4 is 0 Å². The summed E-state index contributed by atoms with van der Waals surface area (Å²) in [6.07, 6.45) is 1.54. The van der Waals surface area contributed by atoms with Gasteiger partial charge in [-0.05, 0) is 24.0 Å². The van der Waals surface area contributed by atoms with Crippen LogP contribution in [0.3, 0.4) is 0 Å². The van der Waals surface area contributed by atoms with Crippen LogP contribution in [0.4, 0.5) is 0 Å². The van der Waals surface area contributed by atoms with Crippen molar-refractivity contribution in [1.82, 2.24) is 0 Å². The lowest BCUT2D eigenvalue weighted by molar-refractivity contribution is -0.140. The molecule has 1 aromatic carbocycles. The molecule has 3 nitrogen and oxygen atoms in total. The minimum atomic E-state index is -0.688. The molecule has 1 aromatic rings. The number of carbonyl (C=O) groups is 1. The second-order valence-electron chi connectivity index (χ2n) is 4.74. The number of ether oxygens (including phenoxy) is 1. The second kappa shape index (κ2) is 3.32. The van der Waals surface area contributed by atoms with Crippen molar-refractivity contribution in [3.05, 3.63) is 35.4 Å². The number of carboxylic acids is 1. The highest BCUT2D eigenvalue weighted by Gasteiger charge is 2.51. The number of benzene rings is 1. The minimum absolute atomic E-state index is 0.508. The molecule has 0 spiro atoms.